The monoisotopic (exact) mass is 405 g/mol. The zero-order valence-electron chi connectivity index (χ0n) is 14.2. The Labute approximate surface area is 166 Å². The fourth-order valence-corrected chi connectivity index (χ4v) is 2.39. The van der Waals surface area contributed by atoms with Gasteiger partial charge in [0.15, 0.2) is 0 Å². The lowest BCUT2D eigenvalue weighted by atomic mass is 10.2. The van der Waals surface area contributed by atoms with E-state index in [-0.39, 0.29) is 6.54 Å². The Balaban J connectivity index is 2.03. The molecule has 0 aliphatic rings. The van der Waals surface area contributed by atoms with Gasteiger partial charge in [-0.15, -0.1) is 6.58 Å². The van der Waals surface area contributed by atoms with Crippen LogP contribution in [0.2, 0.25) is 10.0 Å². The maximum Gasteiger partial charge on any atom is 0.329 e. The third-order valence-electron chi connectivity index (χ3n) is 3.24. The fourth-order valence-electron chi connectivity index (χ4n) is 2.00. The van der Waals surface area contributed by atoms with Crippen molar-refractivity contribution < 1.29 is 14.3 Å². The van der Waals surface area contributed by atoms with Crippen molar-refractivity contribution >= 4 is 41.2 Å². The molecule has 27 heavy (non-hydrogen) atoms. The van der Waals surface area contributed by atoms with Crippen molar-refractivity contribution in [1.29, 1.82) is 0 Å². The van der Waals surface area contributed by atoms with Crippen LogP contribution in [0.5, 0.6) is 5.75 Å². The number of nitrogens with one attached hydrogen (secondary N) is 2. The van der Waals surface area contributed by atoms with E-state index in [0.29, 0.717) is 28.0 Å². The van der Waals surface area contributed by atoms with E-state index >= 15 is 0 Å². The van der Waals surface area contributed by atoms with Crippen LogP contribution >= 0.6 is 23.2 Å². The van der Waals surface area contributed by atoms with Crippen molar-refractivity contribution in [2.75, 3.05) is 6.54 Å². The molecule has 2 rings (SSSR count). The molecule has 0 heterocycles. The van der Waals surface area contributed by atoms with Crippen LogP contribution in [0.15, 0.2) is 60.2 Å². The predicted molar refractivity (Wildman–Crippen MR) is 106 cm³/mol. The van der Waals surface area contributed by atoms with Crippen molar-refractivity contribution in [2.45, 2.75) is 6.61 Å². The second-order valence-corrected chi connectivity index (χ2v) is 6.17. The second kappa shape index (κ2) is 10.4. The first kappa shape index (κ1) is 20.5. The van der Waals surface area contributed by atoms with E-state index in [0.717, 1.165) is 5.56 Å². The van der Waals surface area contributed by atoms with Crippen molar-refractivity contribution in [1.82, 2.24) is 10.7 Å². The summed E-state index contributed by atoms with van der Waals surface area (Å²) in [5, 5.41) is 7.21. The summed E-state index contributed by atoms with van der Waals surface area (Å²) in [4.78, 5) is 23.0. The Kier molecular flexibility index (Phi) is 7.85. The van der Waals surface area contributed by atoms with Gasteiger partial charge in [0.25, 0.3) is 0 Å². The van der Waals surface area contributed by atoms with Crippen LogP contribution in [-0.4, -0.2) is 24.6 Å². The Morgan fingerprint density at radius 1 is 1.11 bits per heavy atom. The number of hydrogen-bond donors (Lipinski definition) is 2. The molecule has 0 aliphatic carbocycles. The minimum Gasteiger partial charge on any atom is -0.488 e. The van der Waals surface area contributed by atoms with Crippen LogP contribution < -0.4 is 15.5 Å². The second-order valence-electron chi connectivity index (χ2n) is 5.30. The van der Waals surface area contributed by atoms with E-state index in [4.69, 9.17) is 27.9 Å². The first-order valence-electron chi connectivity index (χ1n) is 7.88. The van der Waals surface area contributed by atoms with Crippen molar-refractivity contribution in [3.05, 3.63) is 76.3 Å². The van der Waals surface area contributed by atoms with Gasteiger partial charge >= 0.3 is 11.8 Å². The minimum atomic E-state index is -0.892. The minimum absolute atomic E-state index is 0.186. The third kappa shape index (κ3) is 6.77. The SMILES string of the molecule is C=CCNC(=O)C(=O)N/N=C\c1cc(Cl)ccc1OCc1cccc(Cl)c1. The predicted octanol–water partition coefficient (Wildman–Crippen LogP) is 3.32. The normalized spacial score (nSPS) is 10.4. The molecule has 0 spiro atoms. The molecular weight excluding hydrogens is 389 g/mol. The molecule has 0 unspecified atom stereocenters. The van der Waals surface area contributed by atoms with Crippen LogP contribution in [0.25, 0.3) is 0 Å². The number of hydrazone groups is 1. The van der Waals surface area contributed by atoms with E-state index in [1.54, 1.807) is 30.3 Å². The van der Waals surface area contributed by atoms with Crippen LogP contribution in [0.1, 0.15) is 11.1 Å². The highest BCUT2D eigenvalue weighted by Gasteiger charge is 2.11. The molecule has 140 valence electrons. The average Bonchev–Trinajstić information content (AvgIpc) is 2.65. The molecule has 0 bridgehead atoms. The highest BCUT2D eigenvalue weighted by molar-refractivity contribution is 6.35. The number of hydrogen-bond acceptors (Lipinski definition) is 4. The van der Waals surface area contributed by atoms with Crippen molar-refractivity contribution in [3.63, 3.8) is 0 Å². The summed E-state index contributed by atoms with van der Waals surface area (Å²) >= 11 is 12.0. The fraction of sp³-hybridized carbons (Fsp3) is 0.105. The standard InChI is InChI=1S/C19H17Cl2N3O3/c1-2-8-22-18(25)19(26)24-23-11-14-10-16(21)6-7-17(14)27-12-13-4-3-5-15(20)9-13/h2-7,9-11H,1,8,12H2,(H,22,25)(H,24,26)/b23-11-. The quantitative estimate of drug-likeness (QED) is 0.321. The van der Waals surface area contributed by atoms with Gasteiger partial charge < -0.3 is 10.1 Å². The van der Waals surface area contributed by atoms with E-state index in [1.165, 1.54) is 12.3 Å². The molecule has 0 saturated carbocycles. The first-order chi connectivity index (χ1) is 13.0. The van der Waals surface area contributed by atoms with Crippen molar-refractivity contribution in [3.8, 4) is 5.75 Å². The molecule has 0 atom stereocenters. The molecule has 2 amide bonds. The van der Waals surface area contributed by atoms with Gasteiger partial charge in [0, 0.05) is 22.2 Å². The molecule has 6 nitrogen and oxygen atoms in total. The molecule has 2 aromatic rings. The van der Waals surface area contributed by atoms with E-state index in [1.807, 2.05) is 12.1 Å². The van der Waals surface area contributed by atoms with Crippen LogP contribution in [0.3, 0.4) is 0 Å². The number of halogens is 2. The van der Waals surface area contributed by atoms with Crippen LogP contribution in [0.4, 0.5) is 0 Å². The Morgan fingerprint density at radius 2 is 1.89 bits per heavy atom. The summed E-state index contributed by atoms with van der Waals surface area (Å²) in [7, 11) is 0. The number of rotatable bonds is 7. The number of nitrogens with zero attached hydrogens (tertiary/aromatic N) is 1. The van der Waals surface area contributed by atoms with Gasteiger partial charge in [-0.2, -0.15) is 5.10 Å². The molecule has 2 aromatic carbocycles. The molecule has 8 heteroatoms. The molecule has 0 aromatic heterocycles. The van der Waals surface area contributed by atoms with Gasteiger partial charge in [0.05, 0.1) is 6.21 Å². The average molecular weight is 406 g/mol. The number of carbonyl (C=O) groups excluding carboxylic acids is 2. The lowest BCUT2D eigenvalue weighted by Gasteiger charge is -2.10. The zero-order valence-corrected chi connectivity index (χ0v) is 15.8. The van der Waals surface area contributed by atoms with Gasteiger partial charge in [-0.3, -0.25) is 9.59 Å². The smallest absolute Gasteiger partial charge is 0.329 e. The first-order valence-corrected chi connectivity index (χ1v) is 8.64. The lowest BCUT2D eigenvalue weighted by Crippen LogP contribution is -2.37. The van der Waals surface area contributed by atoms with Gasteiger partial charge in [-0.1, -0.05) is 41.4 Å². The highest BCUT2D eigenvalue weighted by atomic mass is 35.5. The summed E-state index contributed by atoms with van der Waals surface area (Å²) in [6.45, 7) is 3.92. The third-order valence-corrected chi connectivity index (χ3v) is 3.71. The van der Waals surface area contributed by atoms with Crippen LogP contribution in [0, 0.1) is 0 Å². The van der Waals surface area contributed by atoms with Gasteiger partial charge in [-0.05, 0) is 35.9 Å². The Morgan fingerprint density at radius 3 is 2.63 bits per heavy atom. The topological polar surface area (TPSA) is 79.8 Å². The molecule has 0 saturated heterocycles. The number of carbonyl (C=O) groups is 2. The van der Waals surface area contributed by atoms with E-state index in [9.17, 15) is 9.59 Å². The zero-order chi connectivity index (χ0) is 19.6. The number of ether oxygens (including phenoxy) is 1. The molecule has 0 radical (unpaired) electrons. The molecular formula is C19H17Cl2N3O3. The largest absolute Gasteiger partial charge is 0.488 e. The molecule has 2 N–H and O–H groups in total. The maximum atomic E-state index is 11.6. The number of amides is 2. The van der Waals surface area contributed by atoms with E-state index in [2.05, 4.69) is 22.4 Å². The van der Waals surface area contributed by atoms with Gasteiger partial charge in [0.2, 0.25) is 0 Å². The summed E-state index contributed by atoms with van der Waals surface area (Å²) < 4.78 is 5.78. The van der Waals surface area contributed by atoms with Crippen molar-refractivity contribution in [2.24, 2.45) is 5.10 Å². The number of benzene rings is 2. The van der Waals surface area contributed by atoms with Gasteiger partial charge in [0.1, 0.15) is 12.4 Å². The summed E-state index contributed by atoms with van der Waals surface area (Å²) in [6, 6.07) is 12.3. The maximum absolute atomic E-state index is 11.6. The van der Waals surface area contributed by atoms with Crippen LogP contribution in [-0.2, 0) is 16.2 Å². The summed E-state index contributed by atoms with van der Waals surface area (Å²) in [6.07, 6.45) is 2.81. The summed E-state index contributed by atoms with van der Waals surface area (Å²) in [5.41, 5.74) is 3.57. The molecule has 0 aliphatic heterocycles. The Hall–Kier alpha value is -2.83. The highest BCUT2D eigenvalue weighted by Crippen LogP contribution is 2.23. The van der Waals surface area contributed by atoms with E-state index < -0.39 is 11.8 Å². The summed E-state index contributed by atoms with van der Waals surface area (Å²) in [5.74, 6) is -1.19. The Bertz CT molecular complexity index is 869. The molecule has 0 fully saturated rings. The van der Waals surface area contributed by atoms with Gasteiger partial charge in [-0.25, -0.2) is 5.43 Å². The lowest BCUT2D eigenvalue weighted by molar-refractivity contribution is -0.139.